The Kier molecular flexibility index (Phi) is 21.8. The fourth-order valence-corrected chi connectivity index (χ4v) is 0. The van der Waals surface area contributed by atoms with Crippen molar-refractivity contribution < 1.29 is 45.5 Å². The number of hydrogen-bond acceptors (Lipinski definition) is 4. The molecule has 0 spiro atoms. The van der Waals surface area contributed by atoms with Crippen LogP contribution in [-0.2, 0) is 27.5 Å². The molecule has 0 aromatic heterocycles. The van der Waals surface area contributed by atoms with Crippen LogP contribution in [-0.4, -0.2) is 28.5 Å². The molecular weight excluding hydrogens is 184 g/mol. The molecule has 54 valence electrons. The average molecular weight is 188 g/mol. The van der Waals surface area contributed by atoms with Crippen molar-refractivity contribution in [1.82, 2.24) is 0 Å². The van der Waals surface area contributed by atoms with Crippen molar-refractivity contribution in [3.63, 3.8) is 0 Å². The summed E-state index contributed by atoms with van der Waals surface area (Å²) in [4.78, 5) is 0. The molecule has 0 unspecified atom stereocenters. The Labute approximate surface area is 56.6 Å². The van der Waals surface area contributed by atoms with Crippen LogP contribution in [0.1, 0.15) is 0 Å². The standard InChI is InChI=1S/Fe.H2O4S.2H2O/c;1-5(2,3)4;;/h;(H2,1,2,3,4);2*1H2/q+2;;;/p-2. The molecule has 0 heterocycles. The first kappa shape index (κ1) is 23.9. The van der Waals surface area contributed by atoms with Crippen LogP contribution in [0.4, 0.5) is 0 Å². The maximum Gasteiger partial charge on any atom is 2.00 e. The summed E-state index contributed by atoms with van der Waals surface area (Å²) in [5.41, 5.74) is 0. The van der Waals surface area contributed by atoms with E-state index in [-0.39, 0.29) is 28.0 Å². The van der Waals surface area contributed by atoms with Crippen molar-refractivity contribution in [1.29, 1.82) is 0 Å². The van der Waals surface area contributed by atoms with Crippen molar-refractivity contribution in [2.75, 3.05) is 0 Å². The average Bonchev–Trinajstić information content (AvgIpc) is 0.722. The van der Waals surface area contributed by atoms with Gasteiger partial charge in [-0.1, -0.05) is 0 Å². The van der Waals surface area contributed by atoms with Gasteiger partial charge in [0.2, 0.25) is 10.4 Å². The molecule has 0 fully saturated rings. The van der Waals surface area contributed by atoms with Crippen LogP contribution in [0.5, 0.6) is 0 Å². The quantitative estimate of drug-likeness (QED) is 0.266. The zero-order valence-corrected chi connectivity index (χ0v) is 5.30. The van der Waals surface area contributed by atoms with Crippen molar-refractivity contribution in [2.24, 2.45) is 0 Å². The van der Waals surface area contributed by atoms with Gasteiger partial charge in [0, 0.05) is 0 Å². The van der Waals surface area contributed by atoms with Gasteiger partial charge in [0.05, 0.1) is 0 Å². The van der Waals surface area contributed by atoms with E-state index in [2.05, 4.69) is 0 Å². The molecule has 0 saturated carbocycles. The van der Waals surface area contributed by atoms with Gasteiger partial charge in [-0.2, -0.15) is 0 Å². The first-order chi connectivity index (χ1) is 2.00. The fourth-order valence-electron chi connectivity index (χ4n) is 0. The van der Waals surface area contributed by atoms with Crippen molar-refractivity contribution in [3.8, 4) is 0 Å². The molecule has 0 bridgehead atoms. The monoisotopic (exact) mass is 188 g/mol. The van der Waals surface area contributed by atoms with E-state index in [0.717, 1.165) is 0 Å². The van der Waals surface area contributed by atoms with Gasteiger partial charge in [0.25, 0.3) is 0 Å². The Morgan fingerprint density at radius 3 is 1.38 bits per heavy atom. The largest absolute Gasteiger partial charge is 2.00 e. The Morgan fingerprint density at radius 2 is 1.38 bits per heavy atom. The van der Waals surface area contributed by atoms with Gasteiger partial charge >= 0.3 is 17.1 Å². The van der Waals surface area contributed by atoms with E-state index in [9.17, 15) is 0 Å². The van der Waals surface area contributed by atoms with E-state index in [1.165, 1.54) is 0 Å². The predicted octanol–water partition coefficient (Wildman–Crippen LogP) is -2.00. The minimum absolute atomic E-state index is 0. The maximum absolute atomic E-state index is 8.63. The summed E-state index contributed by atoms with van der Waals surface area (Å²) >= 11 is 0. The van der Waals surface area contributed by atoms with E-state index < -0.39 is 10.4 Å². The Bertz CT molecular complexity index is 91.7. The molecule has 4 N–H and O–H groups in total. The molecule has 0 radical (unpaired) electrons. The van der Waals surface area contributed by atoms with Crippen molar-refractivity contribution in [3.05, 3.63) is 0 Å². The van der Waals surface area contributed by atoms with Gasteiger partial charge < -0.3 is 15.5 Å². The summed E-state index contributed by atoms with van der Waals surface area (Å²) in [5, 5.41) is 0. The first-order valence-electron chi connectivity index (χ1n) is 0.683. The van der Waals surface area contributed by atoms with Crippen molar-refractivity contribution >= 4 is 10.4 Å². The van der Waals surface area contributed by atoms with Crippen LogP contribution in [0.15, 0.2) is 0 Å². The summed E-state index contributed by atoms with van der Waals surface area (Å²) in [5.74, 6) is 0. The minimum atomic E-state index is -4.92. The zero-order valence-electron chi connectivity index (χ0n) is 3.38. The van der Waals surface area contributed by atoms with Gasteiger partial charge in [-0.25, -0.2) is 8.42 Å². The van der Waals surface area contributed by atoms with Gasteiger partial charge in [0.1, 0.15) is 0 Å². The summed E-state index contributed by atoms with van der Waals surface area (Å²) in [7, 11) is -4.92. The van der Waals surface area contributed by atoms with Crippen LogP contribution in [0, 0.1) is 0 Å². The van der Waals surface area contributed by atoms with E-state index in [1.54, 1.807) is 0 Å². The molecule has 8 heteroatoms. The molecular formula is H4FeO6S. The second-order valence-electron chi connectivity index (χ2n) is 0.428. The van der Waals surface area contributed by atoms with Crippen LogP contribution in [0.2, 0.25) is 0 Å². The van der Waals surface area contributed by atoms with Gasteiger partial charge in [-0.05, 0) is 0 Å². The first-order valence-corrected chi connectivity index (χ1v) is 2.05. The Morgan fingerprint density at radius 1 is 1.38 bits per heavy atom. The van der Waals surface area contributed by atoms with Gasteiger partial charge in [-0.15, -0.1) is 0 Å². The molecule has 0 saturated heterocycles. The molecule has 0 atom stereocenters. The summed E-state index contributed by atoms with van der Waals surface area (Å²) in [6.07, 6.45) is 0. The van der Waals surface area contributed by atoms with Crippen LogP contribution in [0.3, 0.4) is 0 Å². The molecule has 8 heavy (non-hydrogen) atoms. The van der Waals surface area contributed by atoms with Crippen LogP contribution >= 0.6 is 0 Å². The van der Waals surface area contributed by atoms with Gasteiger partial charge in [-0.3, -0.25) is 4.55 Å². The topological polar surface area (TPSA) is 139 Å². The molecule has 0 aliphatic rings. The molecule has 6 nitrogen and oxygen atoms in total. The SMILES string of the molecule is O.O=S(=O)([O-])O.[Fe+2].[OH-]. The molecule has 0 aliphatic carbocycles. The number of rotatable bonds is 0. The zero-order chi connectivity index (χ0) is 4.50. The third-order valence-corrected chi connectivity index (χ3v) is 0. The molecule has 0 aliphatic heterocycles. The van der Waals surface area contributed by atoms with Gasteiger partial charge in [0.15, 0.2) is 0 Å². The molecule has 0 aromatic carbocycles. The second-order valence-corrected chi connectivity index (χ2v) is 1.28. The van der Waals surface area contributed by atoms with Crippen LogP contribution in [0.25, 0.3) is 0 Å². The fraction of sp³-hybridized carbons (Fsp3) is 0. The van der Waals surface area contributed by atoms with E-state index in [1.807, 2.05) is 0 Å². The molecule has 0 rings (SSSR count). The normalized spacial score (nSPS) is 7.25. The summed E-state index contributed by atoms with van der Waals surface area (Å²) in [6, 6.07) is 0. The molecule has 0 aromatic rings. The smallest absolute Gasteiger partial charge is 0.870 e. The molecule has 0 amide bonds. The summed E-state index contributed by atoms with van der Waals surface area (Å²) < 4.78 is 32.8. The third-order valence-electron chi connectivity index (χ3n) is 0. The van der Waals surface area contributed by atoms with Crippen LogP contribution < -0.4 is 0 Å². The van der Waals surface area contributed by atoms with E-state index >= 15 is 0 Å². The Hall–Kier alpha value is 0.309. The predicted molar refractivity (Wildman–Crippen MR) is 17.9 cm³/mol. The van der Waals surface area contributed by atoms with Crippen molar-refractivity contribution in [2.45, 2.75) is 0 Å². The number of hydrogen-bond donors (Lipinski definition) is 1. The second kappa shape index (κ2) is 7.31. The minimum Gasteiger partial charge on any atom is -0.870 e. The maximum atomic E-state index is 8.63. The Balaban J connectivity index is -0.0000000267. The van der Waals surface area contributed by atoms with E-state index in [0.29, 0.717) is 0 Å². The third kappa shape index (κ3) is 1860. The summed E-state index contributed by atoms with van der Waals surface area (Å²) in [6.45, 7) is 0. The van der Waals surface area contributed by atoms with E-state index in [4.69, 9.17) is 17.5 Å².